The molecule has 0 aromatic rings. The number of hydrogen-bond acceptors (Lipinski definition) is 8. The van der Waals surface area contributed by atoms with Crippen molar-refractivity contribution in [2.45, 2.75) is 315 Å². The Bertz CT molecular complexity index is 1110. The standard InChI is InChI=1S/C57H112NO8P/c1-3-5-7-9-11-13-15-17-19-21-23-25-27-29-31-33-35-37-39-41-43-45-47-49-56(59)63-53-55(54-65-67(61,62)64-52-51-58)66-57(60)50-48-46-44-42-40-38-36-34-32-30-28-26-24-22-20-18-16-14-12-10-8-6-4-2/h22,24,55H,3-21,23,25-54,58H2,1-2H3,(H,61,62)/b24-22-. The van der Waals surface area contributed by atoms with Crippen LogP contribution in [0, 0.1) is 0 Å². The molecule has 398 valence electrons. The van der Waals surface area contributed by atoms with Crippen LogP contribution < -0.4 is 5.73 Å². The number of phosphoric acid groups is 1. The van der Waals surface area contributed by atoms with Crippen LogP contribution in [0.4, 0.5) is 0 Å². The molecular formula is C57H112NO8P. The Balaban J connectivity index is 3.93. The second-order valence-corrected chi connectivity index (χ2v) is 21.3. The Morgan fingerprint density at radius 2 is 0.731 bits per heavy atom. The summed E-state index contributed by atoms with van der Waals surface area (Å²) >= 11 is 0. The lowest BCUT2D eigenvalue weighted by molar-refractivity contribution is -0.161. The van der Waals surface area contributed by atoms with Crippen molar-refractivity contribution >= 4 is 19.8 Å². The third kappa shape index (κ3) is 53.9. The molecule has 0 spiro atoms. The Morgan fingerprint density at radius 1 is 0.433 bits per heavy atom. The summed E-state index contributed by atoms with van der Waals surface area (Å²) < 4.78 is 33.1. The number of allylic oxidation sites excluding steroid dienone is 2. The topological polar surface area (TPSA) is 134 Å². The highest BCUT2D eigenvalue weighted by Crippen LogP contribution is 2.43. The first-order valence-electron chi connectivity index (χ1n) is 29.2. The molecule has 0 aromatic heterocycles. The van der Waals surface area contributed by atoms with Gasteiger partial charge in [-0.15, -0.1) is 0 Å². The summed E-state index contributed by atoms with van der Waals surface area (Å²) in [7, 11) is -4.38. The lowest BCUT2D eigenvalue weighted by atomic mass is 10.0. The van der Waals surface area contributed by atoms with Gasteiger partial charge in [-0.1, -0.05) is 270 Å². The molecule has 0 saturated heterocycles. The lowest BCUT2D eigenvalue weighted by Crippen LogP contribution is -2.29. The molecule has 0 aliphatic carbocycles. The molecule has 0 fully saturated rings. The predicted octanol–water partition coefficient (Wildman–Crippen LogP) is 18.1. The minimum absolute atomic E-state index is 0.0568. The molecule has 0 amide bonds. The minimum atomic E-state index is -4.38. The fourth-order valence-corrected chi connectivity index (χ4v) is 9.58. The van der Waals surface area contributed by atoms with Crippen LogP contribution in [-0.2, 0) is 32.7 Å². The lowest BCUT2D eigenvalue weighted by Gasteiger charge is -2.19. The maximum Gasteiger partial charge on any atom is 0.472 e. The van der Waals surface area contributed by atoms with E-state index in [1.54, 1.807) is 0 Å². The van der Waals surface area contributed by atoms with Crippen LogP contribution in [0.1, 0.15) is 309 Å². The van der Waals surface area contributed by atoms with E-state index < -0.39 is 26.5 Å². The van der Waals surface area contributed by atoms with Crippen molar-refractivity contribution in [3.8, 4) is 0 Å². The van der Waals surface area contributed by atoms with Gasteiger partial charge in [0.05, 0.1) is 13.2 Å². The minimum Gasteiger partial charge on any atom is -0.462 e. The van der Waals surface area contributed by atoms with Gasteiger partial charge in [-0.2, -0.15) is 0 Å². The highest BCUT2D eigenvalue weighted by Gasteiger charge is 2.26. The Morgan fingerprint density at radius 3 is 1.06 bits per heavy atom. The van der Waals surface area contributed by atoms with Gasteiger partial charge in [-0.05, 0) is 38.5 Å². The van der Waals surface area contributed by atoms with Gasteiger partial charge in [0.1, 0.15) is 6.61 Å². The maximum atomic E-state index is 12.7. The fourth-order valence-electron chi connectivity index (χ4n) is 8.81. The van der Waals surface area contributed by atoms with Crippen LogP contribution in [0.3, 0.4) is 0 Å². The number of rotatable bonds is 56. The van der Waals surface area contributed by atoms with Crippen LogP contribution in [-0.4, -0.2) is 49.3 Å². The normalized spacial score (nSPS) is 13.1. The quantitative estimate of drug-likeness (QED) is 0.0264. The summed E-state index contributed by atoms with van der Waals surface area (Å²) in [5.74, 6) is -0.808. The van der Waals surface area contributed by atoms with Crippen molar-refractivity contribution in [2.24, 2.45) is 5.73 Å². The molecule has 0 aliphatic rings. The maximum absolute atomic E-state index is 12.7. The van der Waals surface area contributed by atoms with Gasteiger partial charge in [0, 0.05) is 19.4 Å². The van der Waals surface area contributed by atoms with Gasteiger partial charge in [0.15, 0.2) is 6.10 Å². The molecule has 2 atom stereocenters. The molecular weight excluding hydrogens is 858 g/mol. The number of unbranched alkanes of at least 4 members (excludes halogenated alkanes) is 41. The average Bonchev–Trinajstić information content (AvgIpc) is 3.32. The largest absolute Gasteiger partial charge is 0.472 e. The van der Waals surface area contributed by atoms with Crippen LogP contribution in [0.2, 0.25) is 0 Å². The number of phosphoric ester groups is 1. The smallest absolute Gasteiger partial charge is 0.462 e. The Labute approximate surface area is 415 Å². The molecule has 0 heterocycles. The fraction of sp³-hybridized carbons (Fsp3) is 0.930. The number of carbonyl (C=O) groups excluding carboxylic acids is 2. The second kappa shape index (κ2) is 54.1. The van der Waals surface area contributed by atoms with Gasteiger partial charge < -0.3 is 20.1 Å². The highest BCUT2D eigenvalue weighted by molar-refractivity contribution is 7.47. The monoisotopic (exact) mass is 970 g/mol. The molecule has 0 saturated carbocycles. The summed E-state index contributed by atoms with van der Waals surface area (Å²) in [4.78, 5) is 35.2. The number of ether oxygens (including phenoxy) is 2. The summed E-state index contributed by atoms with van der Waals surface area (Å²) in [6, 6.07) is 0. The highest BCUT2D eigenvalue weighted by atomic mass is 31.2. The zero-order valence-corrected chi connectivity index (χ0v) is 45.3. The number of carbonyl (C=O) groups is 2. The first-order valence-corrected chi connectivity index (χ1v) is 30.7. The molecule has 2 unspecified atom stereocenters. The van der Waals surface area contributed by atoms with Gasteiger partial charge in [0.25, 0.3) is 0 Å². The molecule has 10 heteroatoms. The average molecular weight is 970 g/mol. The second-order valence-electron chi connectivity index (χ2n) is 19.9. The molecule has 0 radical (unpaired) electrons. The SMILES string of the molecule is CCCCCCCCCC/C=C\CCCCCCCCCCCCCC(=O)OC(COC(=O)CCCCCCCCCCCCCCCCCCCCCCCCC)COP(=O)(O)OCCN. The van der Waals surface area contributed by atoms with Crippen LogP contribution >= 0.6 is 7.82 Å². The molecule has 0 bridgehead atoms. The zero-order valence-electron chi connectivity index (χ0n) is 44.4. The number of esters is 2. The van der Waals surface area contributed by atoms with E-state index in [1.807, 2.05) is 0 Å². The Kier molecular flexibility index (Phi) is 53.1. The van der Waals surface area contributed by atoms with Gasteiger partial charge in [-0.3, -0.25) is 18.6 Å². The summed E-state index contributed by atoms with van der Waals surface area (Å²) in [5, 5.41) is 0. The van der Waals surface area contributed by atoms with E-state index in [2.05, 4.69) is 26.0 Å². The summed E-state index contributed by atoms with van der Waals surface area (Å²) in [5.41, 5.74) is 5.38. The molecule has 9 nitrogen and oxygen atoms in total. The van der Waals surface area contributed by atoms with E-state index in [-0.39, 0.29) is 38.6 Å². The third-order valence-electron chi connectivity index (χ3n) is 13.2. The summed E-state index contributed by atoms with van der Waals surface area (Å²) in [6.07, 6.45) is 61.2. The summed E-state index contributed by atoms with van der Waals surface area (Å²) in [6.45, 7) is 3.81. The van der Waals surface area contributed by atoms with Crippen molar-refractivity contribution < 1.29 is 37.6 Å². The van der Waals surface area contributed by atoms with E-state index >= 15 is 0 Å². The number of hydrogen-bond donors (Lipinski definition) is 2. The Hall–Kier alpha value is -1.25. The van der Waals surface area contributed by atoms with E-state index in [1.165, 1.54) is 244 Å². The first-order chi connectivity index (χ1) is 32.8. The molecule has 0 rings (SSSR count). The molecule has 67 heavy (non-hydrogen) atoms. The van der Waals surface area contributed by atoms with Crippen molar-refractivity contribution in [3.63, 3.8) is 0 Å². The van der Waals surface area contributed by atoms with Crippen molar-refractivity contribution in [1.82, 2.24) is 0 Å². The molecule has 3 N–H and O–H groups in total. The van der Waals surface area contributed by atoms with E-state index in [9.17, 15) is 19.0 Å². The third-order valence-corrected chi connectivity index (χ3v) is 14.1. The zero-order chi connectivity index (χ0) is 48.8. The first kappa shape index (κ1) is 65.8. The van der Waals surface area contributed by atoms with Crippen molar-refractivity contribution in [3.05, 3.63) is 12.2 Å². The van der Waals surface area contributed by atoms with Crippen LogP contribution in [0.25, 0.3) is 0 Å². The molecule has 0 aromatic carbocycles. The van der Waals surface area contributed by atoms with Crippen LogP contribution in [0.15, 0.2) is 12.2 Å². The van der Waals surface area contributed by atoms with Crippen molar-refractivity contribution in [1.29, 1.82) is 0 Å². The van der Waals surface area contributed by atoms with Gasteiger partial charge >= 0.3 is 19.8 Å². The van der Waals surface area contributed by atoms with Crippen molar-refractivity contribution in [2.75, 3.05) is 26.4 Å². The van der Waals surface area contributed by atoms with Crippen LogP contribution in [0.5, 0.6) is 0 Å². The predicted molar refractivity (Wildman–Crippen MR) is 284 cm³/mol. The molecule has 0 aliphatic heterocycles. The van der Waals surface area contributed by atoms with Gasteiger partial charge in [0.2, 0.25) is 0 Å². The number of nitrogens with two attached hydrogens (primary N) is 1. The van der Waals surface area contributed by atoms with E-state index in [4.69, 9.17) is 24.3 Å². The van der Waals surface area contributed by atoms with E-state index in [0.29, 0.717) is 6.42 Å². The van der Waals surface area contributed by atoms with Gasteiger partial charge in [-0.25, -0.2) is 4.57 Å². The van der Waals surface area contributed by atoms with E-state index in [0.717, 1.165) is 32.1 Å².